The molecule has 0 saturated heterocycles. The number of thiocarbonyl (C=S) groups is 1. The Morgan fingerprint density at radius 1 is 1.21 bits per heavy atom. The molecule has 19 heavy (non-hydrogen) atoms. The first-order chi connectivity index (χ1) is 9.35. The third-order valence-electron chi connectivity index (χ3n) is 3.02. The summed E-state index contributed by atoms with van der Waals surface area (Å²) in [6, 6.07) is 11.7. The number of hydrogen-bond acceptors (Lipinski definition) is 3. The third-order valence-corrected chi connectivity index (χ3v) is 3.14. The van der Waals surface area contributed by atoms with Crippen molar-refractivity contribution >= 4 is 45.9 Å². The van der Waals surface area contributed by atoms with E-state index in [1.807, 2.05) is 36.4 Å². The fourth-order valence-electron chi connectivity index (χ4n) is 2.21. The molecule has 2 aromatic carbocycles. The van der Waals surface area contributed by atoms with Crippen molar-refractivity contribution in [3.63, 3.8) is 0 Å². The molecule has 0 unspecified atom stereocenters. The monoisotopic (exact) mass is 269 g/mol. The van der Waals surface area contributed by atoms with Crippen LogP contribution in [0.3, 0.4) is 0 Å². The van der Waals surface area contributed by atoms with Crippen molar-refractivity contribution in [2.24, 2.45) is 4.99 Å². The van der Waals surface area contributed by atoms with E-state index in [0.717, 1.165) is 27.5 Å². The van der Waals surface area contributed by atoms with Gasteiger partial charge in [-0.1, -0.05) is 30.4 Å². The number of furan rings is 1. The zero-order valence-electron chi connectivity index (χ0n) is 10.3. The predicted octanol–water partition coefficient (Wildman–Crippen LogP) is 3.97. The number of methoxy groups -OCH3 is 1. The van der Waals surface area contributed by atoms with Crippen LogP contribution in [0.2, 0.25) is 0 Å². The highest BCUT2D eigenvalue weighted by Crippen LogP contribution is 2.36. The van der Waals surface area contributed by atoms with Gasteiger partial charge < -0.3 is 9.15 Å². The van der Waals surface area contributed by atoms with Crippen molar-refractivity contribution in [1.82, 2.24) is 0 Å². The Morgan fingerprint density at radius 3 is 2.84 bits per heavy atom. The molecule has 3 aromatic rings. The Morgan fingerprint density at radius 2 is 2.05 bits per heavy atom. The molecular formula is C15H11NO2S. The molecule has 0 atom stereocenters. The summed E-state index contributed by atoms with van der Waals surface area (Å²) in [6.45, 7) is 0. The normalized spacial score (nSPS) is 11.4. The van der Waals surface area contributed by atoms with Crippen LogP contribution in [0.4, 0.5) is 0 Å². The van der Waals surface area contributed by atoms with E-state index in [-0.39, 0.29) is 0 Å². The van der Waals surface area contributed by atoms with Gasteiger partial charge in [-0.3, -0.25) is 4.99 Å². The lowest BCUT2D eigenvalue weighted by Crippen LogP contribution is -1.87. The largest absolute Gasteiger partial charge is 0.493 e. The average molecular weight is 269 g/mol. The zero-order valence-corrected chi connectivity index (χ0v) is 11.1. The minimum atomic E-state index is 0.714. The van der Waals surface area contributed by atoms with Crippen molar-refractivity contribution in [3.8, 4) is 5.75 Å². The summed E-state index contributed by atoms with van der Waals surface area (Å²) in [7, 11) is 1.63. The summed E-state index contributed by atoms with van der Waals surface area (Å²) >= 11 is 4.73. The highest BCUT2D eigenvalue weighted by Gasteiger charge is 2.13. The molecule has 3 rings (SSSR count). The molecule has 0 bridgehead atoms. The smallest absolute Gasteiger partial charge is 0.177 e. The number of fused-ring (bicyclic) bond motifs is 3. The standard InChI is InChI=1S/C15H11NO2S/c1-17-13-7-6-10(8-16-9-19)14-11-4-2-3-5-12(11)18-15(13)14/h2-9H,1H3. The number of ether oxygens (including phenoxy) is 1. The van der Waals surface area contributed by atoms with Crippen LogP contribution in [-0.2, 0) is 0 Å². The minimum Gasteiger partial charge on any atom is -0.493 e. The fraction of sp³-hybridized carbons (Fsp3) is 0.0667. The van der Waals surface area contributed by atoms with Gasteiger partial charge in [0.15, 0.2) is 11.3 Å². The van der Waals surface area contributed by atoms with Gasteiger partial charge in [-0.15, -0.1) is 0 Å². The summed E-state index contributed by atoms with van der Waals surface area (Å²) in [5.41, 5.74) is 3.87. The first-order valence-corrected chi connectivity index (χ1v) is 6.27. The lowest BCUT2D eigenvalue weighted by Gasteiger charge is -2.02. The topological polar surface area (TPSA) is 34.7 Å². The second-order valence-corrected chi connectivity index (χ2v) is 4.25. The lowest BCUT2D eigenvalue weighted by molar-refractivity contribution is 0.412. The summed E-state index contributed by atoms with van der Waals surface area (Å²) < 4.78 is 11.2. The van der Waals surface area contributed by atoms with Gasteiger partial charge in [-0.05, 0) is 18.2 Å². The molecule has 0 aliphatic heterocycles. The van der Waals surface area contributed by atoms with Gasteiger partial charge in [0, 0.05) is 22.6 Å². The first kappa shape index (κ1) is 11.9. The van der Waals surface area contributed by atoms with Crippen LogP contribution in [0.25, 0.3) is 21.9 Å². The van der Waals surface area contributed by atoms with E-state index < -0.39 is 0 Å². The van der Waals surface area contributed by atoms with E-state index in [2.05, 4.69) is 4.99 Å². The van der Waals surface area contributed by atoms with Gasteiger partial charge >= 0.3 is 0 Å². The van der Waals surface area contributed by atoms with Crippen LogP contribution in [0.1, 0.15) is 5.56 Å². The number of benzene rings is 2. The van der Waals surface area contributed by atoms with Crippen molar-refractivity contribution < 1.29 is 9.15 Å². The molecule has 4 heteroatoms. The molecule has 0 fully saturated rings. The summed E-state index contributed by atoms with van der Waals surface area (Å²) in [5.74, 6) is 0.714. The highest BCUT2D eigenvalue weighted by molar-refractivity contribution is 7.78. The molecule has 0 saturated carbocycles. The third kappa shape index (κ3) is 1.90. The second kappa shape index (κ2) is 4.82. The molecule has 0 N–H and O–H groups in total. The van der Waals surface area contributed by atoms with Crippen LogP contribution < -0.4 is 4.74 Å². The molecule has 0 aliphatic rings. The van der Waals surface area contributed by atoms with Crippen LogP contribution in [0.5, 0.6) is 5.75 Å². The Kier molecular flexibility index (Phi) is 3.01. The molecule has 0 radical (unpaired) electrons. The average Bonchev–Trinajstić information content (AvgIpc) is 2.84. The Labute approximate surface area is 115 Å². The van der Waals surface area contributed by atoms with E-state index in [1.54, 1.807) is 13.3 Å². The maximum atomic E-state index is 5.87. The molecule has 0 amide bonds. The number of nitrogens with zero attached hydrogens (tertiary/aromatic N) is 1. The maximum absolute atomic E-state index is 5.87. The van der Waals surface area contributed by atoms with Crippen LogP contribution in [-0.4, -0.2) is 18.8 Å². The van der Waals surface area contributed by atoms with Gasteiger partial charge in [0.05, 0.1) is 12.6 Å². The van der Waals surface area contributed by atoms with E-state index in [0.29, 0.717) is 5.75 Å². The van der Waals surface area contributed by atoms with E-state index in [4.69, 9.17) is 21.4 Å². The van der Waals surface area contributed by atoms with Gasteiger partial charge in [-0.25, -0.2) is 0 Å². The van der Waals surface area contributed by atoms with E-state index in [1.165, 1.54) is 5.49 Å². The molecule has 0 spiro atoms. The number of para-hydroxylation sites is 1. The predicted molar refractivity (Wildman–Crippen MR) is 81.5 cm³/mol. The van der Waals surface area contributed by atoms with Crippen LogP contribution >= 0.6 is 12.2 Å². The quantitative estimate of drug-likeness (QED) is 0.533. The van der Waals surface area contributed by atoms with Crippen molar-refractivity contribution in [2.75, 3.05) is 7.11 Å². The van der Waals surface area contributed by atoms with Gasteiger partial charge in [0.25, 0.3) is 0 Å². The number of rotatable bonds is 3. The Bertz CT molecular complexity index is 789. The molecule has 1 aromatic heterocycles. The Balaban J connectivity index is 2.45. The molecule has 0 aliphatic carbocycles. The van der Waals surface area contributed by atoms with Crippen molar-refractivity contribution in [3.05, 3.63) is 42.0 Å². The van der Waals surface area contributed by atoms with Crippen molar-refractivity contribution in [2.45, 2.75) is 0 Å². The SMILES string of the molecule is COc1ccc(C=NC=S)c2c1oc1ccccc12. The van der Waals surface area contributed by atoms with Crippen LogP contribution in [0, 0.1) is 0 Å². The summed E-state index contributed by atoms with van der Waals surface area (Å²) in [6.07, 6.45) is 1.73. The number of aliphatic imine (C=N–C) groups is 1. The van der Waals surface area contributed by atoms with E-state index in [9.17, 15) is 0 Å². The molecule has 1 heterocycles. The minimum absolute atomic E-state index is 0.714. The Hall–Kier alpha value is -2.20. The maximum Gasteiger partial charge on any atom is 0.177 e. The zero-order chi connectivity index (χ0) is 13.2. The van der Waals surface area contributed by atoms with Crippen LogP contribution in [0.15, 0.2) is 45.8 Å². The molecular weight excluding hydrogens is 258 g/mol. The molecule has 94 valence electrons. The van der Waals surface area contributed by atoms with E-state index >= 15 is 0 Å². The van der Waals surface area contributed by atoms with Crippen molar-refractivity contribution in [1.29, 1.82) is 0 Å². The lowest BCUT2D eigenvalue weighted by atomic mass is 10.1. The highest BCUT2D eigenvalue weighted by atomic mass is 32.1. The summed E-state index contributed by atoms with van der Waals surface area (Å²) in [5, 5.41) is 2.04. The first-order valence-electron chi connectivity index (χ1n) is 5.80. The molecule has 3 nitrogen and oxygen atoms in total. The number of hydrogen-bond donors (Lipinski definition) is 0. The van der Waals surface area contributed by atoms with Gasteiger partial charge in [0.1, 0.15) is 5.58 Å². The second-order valence-electron chi connectivity index (χ2n) is 4.04. The van der Waals surface area contributed by atoms with Gasteiger partial charge in [-0.2, -0.15) is 0 Å². The van der Waals surface area contributed by atoms with Gasteiger partial charge in [0.2, 0.25) is 0 Å². The summed E-state index contributed by atoms with van der Waals surface area (Å²) in [4.78, 5) is 4.02. The fourth-order valence-corrected chi connectivity index (χ4v) is 2.27.